The van der Waals surface area contributed by atoms with Crippen molar-refractivity contribution >= 4 is 11.9 Å². The third kappa shape index (κ3) is 4.94. The zero-order chi connectivity index (χ0) is 17.6. The molecule has 0 bridgehead atoms. The van der Waals surface area contributed by atoms with Gasteiger partial charge in [0.25, 0.3) is 0 Å². The Hall–Kier alpha value is -2.09. The second-order valence-corrected chi connectivity index (χ2v) is 6.96. The Bertz CT molecular complexity index is 608. The van der Waals surface area contributed by atoms with Crippen LogP contribution in [0.5, 0.6) is 0 Å². The summed E-state index contributed by atoms with van der Waals surface area (Å²) in [5.41, 5.74) is 7.03. The molecule has 2 heterocycles. The molecule has 0 saturated heterocycles. The van der Waals surface area contributed by atoms with Crippen LogP contribution in [-0.4, -0.2) is 45.8 Å². The van der Waals surface area contributed by atoms with Crippen LogP contribution in [0.3, 0.4) is 0 Å². The maximum Gasteiger partial charge on any atom is 0.312 e. The van der Waals surface area contributed by atoms with Crippen LogP contribution in [0.4, 0.5) is 4.79 Å². The first-order chi connectivity index (χ1) is 12.1. The lowest BCUT2D eigenvalue weighted by Gasteiger charge is -2.33. The van der Waals surface area contributed by atoms with Crippen LogP contribution in [0.25, 0.3) is 0 Å². The molecule has 1 aliphatic heterocycles. The number of aromatic nitrogens is 2. The molecule has 3 rings (SSSR count). The van der Waals surface area contributed by atoms with Crippen molar-refractivity contribution < 1.29 is 9.59 Å². The molecule has 25 heavy (non-hydrogen) atoms. The zero-order valence-electron chi connectivity index (χ0n) is 14.7. The number of hydrogen-bond donors (Lipinski definition) is 3. The van der Waals surface area contributed by atoms with Crippen LogP contribution in [0.15, 0.2) is 6.07 Å². The number of nitrogens with one attached hydrogen (secondary N) is 2. The van der Waals surface area contributed by atoms with E-state index in [0.717, 1.165) is 31.7 Å². The summed E-state index contributed by atoms with van der Waals surface area (Å²) < 4.78 is 2.08. The monoisotopic (exact) mass is 348 g/mol. The maximum atomic E-state index is 11.7. The van der Waals surface area contributed by atoms with E-state index >= 15 is 0 Å². The van der Waals surface area contributed by atoms with E-state index in [0.29, 0.717) is 12.6 Å². The lowest BCUT2D eigenvalue weighted by atomic mass is 9.94. The number of primary amides is 1. The van der Waals surface area contributed by atoms with E-state index in [4.69, 9.17) is 5.73 Å². The van der Waals surface area contributed by atoms with E-state index in [1.54, 1.807) is 0 Å². The van der Waals surface area contributed by atoms with Gasteiger partial charge in [-0.1, -0.05) is 19.3 Å². The van der Waals surface area contributed by atoms with Crippen molar-refractivity contribution in [2.45, 2.75) is 64.2 Å². The number of nitrogens with zero attached hydrogens (tertiary/aromatic N) is 3. The largest absolute Gasteiger partial charge is 0.352 e. The number of nitrogens with two attached hydrogens (primary N) is 1. The second kappa shape index (κ2) is 8.33. The minimum atomic E-state index is -0.702. The van der Waals surface area contributed by atoms with Gasteiger partial charge in [-0.15, -0.1) is 0 Å². The number of urea groups is 1. The number of amides is 3. The Labute approximate surface area is 148 Å². The predicted octanol–water partition coefficient (Wildman–Crippen LogP) is 0.706. The number of aryl methyl sites for hydroxylation is 1. The topological polar surface area (TPSA) is 105 Å². The molecule has 3 amide bonds. The van der Waals surface area contributed by atoms with Gasteiger partial charge in [-0.3, -0.25) is 14.4 Å². The molecule has 4 N–H and O–H groups in total. The average Bonchev–Trinajstić information content (AvgIpc) is 2.89. The van der Waals surface area contributed by atoms with Crippen molar-refractivity contribution in [3.63, 3.8) is 0 Å². The molecular formula is C17H28N6O2. The van der Waals surface area contributed by atoms with Gasteiger partial charge >= 0.3 is 6.03 Å². The van der Waals surface area contributed by atoms with Gasteiger partial charge in [0, 0.05) is 25.7 Å². The molecule has 0 atom stereocenters. The van der Waals surface area contributed by atoms with E-state index in [1.165, 1.54) is 37.8 Å². The zero-order valence-corrected chi connectivity index (χ0v) is 14.7. The highest BCUT2D eigenvalue weighted by Crippen LogP contribution is 2.25. The standard InChI is InChI=1S/C17H28N6O2/c18-17(25)20-11-16(24)19-10-13-9-15-12-22(7-4-8-23(15)21-13)14-5-2-1-3-6-14/h9,14H,1-8,10-12H2,(H,19,24)(H3,18,20,25). The molecule has 138 valence electrons. The van der Waals surface area contributed by atoms with Gasteiger partial charge in [-0.2, -0.15) is 5.10 Å². The van der Waals surface area contributed by atoms with Crippen molar-refractivity contribution in [1.29, 1.82) is 0 Å². The Morgan fingerprint density at radius 3 is 2.72 bits per heavy atom. The molecule has 0 unspecified atom stereocenters. The molecule has 8 heteroatoms. The average molecular weight is 348 g/mol. The van der Waals surface area contributed by atoms with Crippen molar-refractivity contribution in [3.8, 4) is 0 Å². The summed E-state index contributed by atoms with van der Waals surface area (Å²) in [4.78, 5) is 24.9. The van der Waals surface area contributed by atoms with Crippen LogP contribution < -0.4 is 16.4 Å². The van der Waals surface area contributed by atoms with E-state index in [-0.39, 0.29) is 12.5 Å². The van der Waals surface area contributed by atoms with E-state index in [1.807, 2.05) is 0 Å². The first kappa shape index (κ1) is 17.7. The predicted molar refractivity (Wildman–Crippen MR) is 93.6 cm³/mol. The fourth-order valence-electron chi connectivity index (χ4n) is 3.81. The highest BCUT2D eigenvalue weighted by Gasteiger charge is 2.24. The Morgan fingerprint density at radius 2 is 1.96 bits per heavy atom. The maximum absolute atomic E-state index is 11.7. The highest BCUT2D eigenvalue weighted by atomic mass is 16.2. The van der Waals surface area contributed by atoms with Gasteiger partial charge in [0.05, 0.1) is 24.5 Å². The summed E-state index contributed by atoms with van der Waals surface area (Å²) >= 11 is 0. The number of fused-ring (bicyclic) bond motifs is 1. The van der Waals surface area contributed by atoms with E-state index in [9.17, 15) is 9.59 Å². The van der Waals surface area contributed by atoms with Gasteiger partial charge in [0.15, 0.2) is 0 Å². The summed E-state index contributed by atoms with van der Waals surface area (Å²) in [6.45, 7) is 3.25. The Balaban J connectivity index is 1.55. The van der Waals surface area contributed by atoms with E-state index < -0.39 is 6.03 Å². The lowest BCUT2D eigenvalue weighted by Crippen LogP contribution is -2.39. The molecule has 0 radical (unpaired) electrons. The molecule has 0 aromatic carbocycles. The summed E-state index contributed by atoms with van der Waals surface area (Å²) in [5.74, 6) is -0.272. The molecule has 1 aliphatic carbocycles. The van der Waals surface area contributed by atoms with Crippen LogP contribution in [0.2, 0.25) is 0 Å². The van der Waals surface area contributed by atoms with Crippen LogP contribution in [0, 0.1) is 0 Å². The first-order valence-corrected chi connectivity index (χ1v) is 9.21. The number of rotatable bonds is 5. The highest BCUT2D eigenvalue weighted by molar-refractivity contribution is 5.83. The molecule has 8 nitrogen and oxygen atoms in total. The summed E-state index contributed by atoms with van der Waals surface area (Å²) in [5, 5.41) is 9.65. The molecule has 1 aromatic heterocycles. The molecular weight excluding hydrogens is 320 g/mol. The van der Waals surface area contributed by atoms with Gasteiger partial charge in [0.2, 0.25) is 5.91 Å². The lowest BCUT2D eigenvalue weighted by molar-refractivity contribution is -0.120. The number of carbonyl (C=O) groups is 2. The summed E-state index contributed by atoms with van der Waals surface area (Å²) in [7, 11) is 0. The fraction of sp³-hybridized carbons (Fsp3) is 0.706. The van der Waals surface area contributed by atoms with Crippen LogP contribution >= 0.6 is 0 Å². The van der Waals surface area contributed by atoms with Gasteiger partial charge in [-0.25, -0.2) is 4.79 Å². The van der Waals surface area contributed by atoms with Crippen molar-refractivity contribution in [1.82, 2.24) is 25.3 Å². The van der Waals surface area contributed by atoms with Crippen LogP contribution in [-0.2, 0) is 24.4 Å². The molecule has 1 fully saturated rings. The number of hydrogen-bond acceptors (Lipinski definition) is 4. The van der Waals surface area contributed by atoms with Gasteiger partial charge < -0.3 is 16.4 Å². The molecule has 1 saturated carbocycles. The van der Waals surface area contributed by atoms with E-state index in [2.05, 4.69) is 31.4 Å². The smallest absolute Gasteiger partial charge is 0.312 e. The third-order valence-corrected chi connectivity index (χ3v) is 5.08. The van der Waals surface area contributed by atoms with Crippen molar-refractivity contribution in [2.75, 3.05) is 13.1 Å². The summed E-state index contributed by atoms with van der Waals surface area (Å²) in [6, 6.07) is 2.09. The number of carbonyl (C=O) groups excluding carboxylic acids is 2. The molecule has 1 aromatic rings. The van der Waals surface area contributed by atoms with Crippen LogP contribution in [0.1, 0.15) is 49.9 Å². The second-order valence-electron chi connectivity index (χ2n) is 6.96. The third-order valence-electron chi connectivity index (χ3n) is 5.08. The van der Waals surface area contributed by atoms with Gasteiger partial charge in [-0.05, 0) is 25.3 Å². The quantitative estimate of drug-likeness (QED) is 0.728. The first-order valence-electron chi connectivity index (χ1n) is 9.21. The van der Waals surface area contributed by atoms with Gasteiger partial charge in [0.1, 0.15) is 0 Å². The molecule has 2 aliphatic rings. The summed E-state index contributed by atoms with van der Waals surface area (Å²) in [6.07, 6.45) is 7.79. The SMILES string of the molecule is NC(=O)NCC(=O)NCc1cc2n(n1)CCCN(C1CCCCC1)C2. The Morgan fingerprint density at radius 1 is 1.16 bits per heavy atom. The fourth-order valence-corrected chi connectivity index (χ4v) is 3.81. The molecule has 0 spiro atoms. The van der Waals surface area contributed by atoms with Crippen molar-refractivity contribution in [2.24, 2.45) is 5.73 Å². The Kier molecular flexibility index (Phi) is 5.91. The van der Waals surface area contributed by atoms with Crippen molar-refractivity contribution in [3.05, 3.63) is 17.5 Å². The minimum Gasteiger partial charge on any atom is -0.352 e. The minimum absolute atomic E-state index is 0.113. The normalized spacial score (nSPS) is 19.0.